The van der Waals surface area contributed by atoms with E-state index in [9.17, 15) is 9.59 Å². The number of nitrogens with zero attached hydrogens (tertiary/aromatic N) is 2. The molecule has 138 valence electrons. The predicted molar refractivity (Wildman–Crippen MR) is 102 cm³/mol. The van der Waals surface area contributed by atoms with E-state index in [-0.39, 0.29) is 11.8 Å². The number of hydrogen-bond acceptors (Lipinski definition) is 4. The molecule has 0 spiro atoms. The Labute approximate surface area is 154 Å². The maximum Gasteiger partial charge on any atom is 0.266 e. The van der Waals surface area contributed by atoms with E-state index in [1.807, 2.05) is 16.3 Å². The summed E-state index contributed by atoms with van der Waals surface area (Å²) in [5.41, 5.74) is 0.641. The van der Waals surface area contributed by atoms with Gasteiger partial charge in [-0.25, -0.2) is 0 Å². The van der Waals surface area contributed by atoms with Gasteiger partial charge in [-0.1, -0.05) is 13.8 Å². The molecular weight excluding hydrogens is 334 g/mol. The number of amides is 2. The van der Waals surface area contributed by atoms with Crippen LogP contribution < -0.4 is 5.32 Å². The molecule has 6 heteroatoms. The minimum atomic E-state index is -0.140. The Morgan fingerprint density at radius 2 is 2.08 bits per heavy atom. The summed E-state index contributed by atoms with van der Waals surface area (Å²) in [6, 6.07) is 2.23. The molecule has 0 unspecified atom stereocenters. The molecule has 3 rings (SSSR count). The van der Waals surface area contributed by atoms with Crippen LogP contribution in [0.5, 0.6) is 0 Å². The van der Waals surface area contributed by atoms with Crippen molar-refractivity contribution in [3.63, 3.8) is 0 Å². The normalized spacial score (nSPS) is 22.1. The maximum absolute atomic E-state index is 13.1. The molecule has 2 aliphatic rings. The molecule has 1 aromatic rings. The van der Waals surface area contributed by atoms with Gasteiger partial charge in [-0.05, 0) is 42.5 Å². The molecule has 1 aliphatic carbocycles. The van der Waals surface area contributed by atoms with Gasteiger partial charge in [-0.3, -0.25) is 14.5 Å². The first-order valence-corrected chi connectivity index (χ1v) is 10.2. The molecule has 2 fully saturated rings. The Balaban J connectivity index is 1.74. The van der Waals surface area contributed by atoms with Gasteiger partial charge < -0.3 is 10.2 Å². The number of thiophene rings is 1. The monoisotopic (exact) mass is 363 g/mol. The first kappa shape index (κ1) is 18.4. The summed E-state index contributed by atoms with van der Waals surface area (Å²) in [6.45, 7) is 9.82. The third-order valence-electron chi connectivity index (χ3n) is 5.17. The SMILES string of the molecule is CC(=O)Nc1ccsc1C(=O)N1CCCN(CC2CC2)[C@@H](C(C)C)C1. The van der Waals surface area contributed by atoms with Crippen LogP contribution in [0.3, 0.4) is 0 Å². The Kier molecular flexibility index (Phi) is 5.79. The van der Waals surface area contributed by atoms with Crippen LogP contribution in [-0.4, -0.2) is 53.8 Å². The minimum Gasteiger partial charge on any atom is -0.336 e. The lowest BCUT2D eigenvalue weighted by atomic mass is 10.0. The fourth-order valence-corrected chi connectivity index (χ4v) is 4.46. The Morgan fingerprint density at radius 1 is 1.32 bits per heavy atom. The maximum atomic E-state index is 13.1. The molecule has 0 radical (unpaired) electrons. The van der Waals surface area contributed by atoms with Crippen LogP contribution in [-0.2, 0) is 4.79 Å². The van der Waals surface area contributed by atoms with Gasteiger partial charge in [0.05, 0.1) is 5.69 Å². The Bertz CT molecular complexity index is 624. The molecule has 1 N–H and O–H groups in total. The first-order chi connectivity index (χ1) is 12.0. The highest BCUT2D eigenvalue weighted by atomic mass is 32.1. The van der Waals surface area contributed by atoms with Gasteiger partial charge in [0.15, 0.2) is 0 Å². The van der Waals surface area contributed by atoms with Crippen LogP contribution in [0.4, 0.5) is 5.69 Å². The average molecular weight is 364 g/mol. The number of hydrogen-bond donors (Lipinski definition) is 1. The smallest absolute Gasteiger partial charge is 0.266 e. The average Bonchev–Trinajstić information content (AvgIpc) is 3.29. The zero-order valence-corrected chi connectivity index (χ0v) is 16.3. The molecule has 1 atom stereocenters. The summed E-state index contributed by atoms with van der Waals surface area (Å²) in [4.78, 5) is 29.7. The molecule has 5 nitrogen and oxygen atoms in total. The van der Waals surface area contributed by atoms with E-state index in [1.54, 1.807) is 0 Å². The number of anilines is 1. The van der Waals surface area contributed by atoms with E-state index in [4.69, 9.17) is 0 Å². The van der Waals surface area contributed by atoms with Crippen molar-refractivity contribution >= 4 is 28.8 Å². The zero-order chi connectivity index (χ0) is 18.0. The van der Waals surface area contributed by atoms with Gasteiger partial charge in [-0.2, -0.15) is 0 Å². The lowest BCUT2D eigenvalue weighted by Gasteiger charge is -2.34. The van der Waals surface area contributed by atoms with Crippen LogP contribution in [0.1, 0.15) is 49.7 Å². The lowest BCUT2D eigenvalue weighted by molar-refractivity contribution is -0.114. The van der Waals surface area contributed by atoms with Crippen molar-refractivity contribution in [3.05, 3.63) is 16.3 Å². The Hall–Kier alpha value is -1.40. The van der Waals surface area contributed by atoms with Crippen molar-refractivity contribution in [2.24, 2.45) is 11.8 Å². The summed E-state index contributed by atoms with van der Waals surface area (Å²) >= 11 is 1.41. The molecule has 2 heterocycles. The van der Waals surface area contributed by atoms with E-state index < -0.39 is 0 Å². The van der Waals surface area contributed by atoms with E-state index >= 15 is 0 Å². The zero-order valence-electron chi connectivity index (χ0n) is 15.5. The summed E-state index contributed by atoms with van der Waals surface area (Å²) in [5, 5.41) is 4.65. The second-order valence-electron chi connectivity index (χ2n) is 7.70. The molecule has 1 aliphatic heterocycles. The van der Waals surface area contributed by atoms with Crippen molar-refractivity contribution in [1.82, 2.24) is 9.80 Å². The molecule has 2 amide bonds. The predicted octanol–water partition coefficient (Wildman–Crippen LogP) is 3.29. The molecule has 1 saturated heterocycles. The second kappa shape index (κ2) is 7.87. The third-order valence-corrected chi connectivity index (χ3v) is 6.07. The van der Waals surface area contributed by atoms with Crippen molar-refractivity contribution < 1.29 is 9.59 Å². The van der Waals surface area contributed by atoms with Crippen molar-refractivity contribution in [3.8, 4) is 0 Å². The van der Waals surface area contributed by atoms with Gasteiger partial charge in [-0.15, -0.1) is 11.3 Å². The standard InChI is InChI=1S/C19H29N3O2S/c1-13(2)17-12-22(9-4-8-21(17)11-15-5-6-15)19(24)18-16(7-10-25-18)20-14(3)23/h7,10,13,15,17H,4-6,8-9,11-12H2,1-3H3,(H,20,23)/t17-/m1/s1. The number of carbonyl (C=O) groups is 2. The minimum absolute atomic E-state index is 0.0534. The van der Waals surface area contributed by atoms with Gasteiger partial charge in [0.2, 0.25) is 5.91 Å². The quantitative estimate of drug-likeness (QED) is 0.873. The van der Waals surface area contributed by atoms with Gasteiger partial charge in [0.1, 0.15) is 4.88 Å². The Morgan fingerprint density at radius 3 is 2.72 bits per heavy atom. The van der Waals surface area contributed by atoms with Gasteiger partial charge in [0, 0.05) is 39.1 Å². The fraction of sp³-hybridized carbons (Fsp3) is 0.684. The van der Waals surface area contributed by atoms with Crippen LogP contribution in [0.25, 0.3) is 0 Å². The topological polar surface area (TPSA) is 52.7 Å². The number of rotatable bonds is 5. The number of nitrogens with one attached hydrogen (secondary N) is 1. The molecular formula is C19H29N3O2S. The number of carbonyl (C=O) groups excluding carboxylic acids is 2. The molecule has 1 aromatic heterocycles. The van der Waals surface area contributed by atoms with Crippen molar-refractivity contribution in [2.45, 2.75) is 46.1 Å². The third kappa shape index (κ3) is 4.61. The van der Waals surface area contributed by atoms with Gasteiger partial charge >= 0.3 is 0 Å². The van der Waals surface area contributed by atoms with Gasteiger partial charge in [0.25, 0.3) is 5.91 Å². The van der Waals surface area contributed by atoms with E-state index in [0.29, 0.717) is 22.5 Å². The molecule has 0 aromatic carbocycles. The summed E-state index contributed by atoms with van der Waals surface area (Å²) in [6.07, 6.45) is 3.74. The molecule has 25 heavy (non-hydrogen) atoms. The summed E-state index contributed by atoms with van der Waals surface area (Å²) in [5.74, 6) is 1.30. The second-order valence-corrected chi connectivity index (χ2v) is 8.62. The van der Waals surface area contributed by atoms with Crippen molar-refractivity contribution in [2.75, 3.05) is 31.5 Å². The summed E-state index contributed by atoms with van der Waals surface area (Å²) in [7, 11) is 0. The highest BCUT2D eigenvalue weighted by Crippen LogP contribution is 2.32. The first-order valence-electron chi connectivity index (χ1n) is 9.34. The van der Waals surface area contributed by atoms with Crippen LogP contribution in [0, 0.1) is 11.8 Å². The van der Waals surface area contributed by atoms with E-state index in [0.717, 1.165) is 32.0 Å². The van der Waals surface area contributed by atoms with Crippen LogP contribution >= 0.6 is 11.3 Å². The van der Waals surface area contributed by atoms with E-state index in [1.165, 1.54) is 37.6 Å². The largest absolute Gasteiger partial charge is 0.336 e. The highest BCUT2D eigenvalue weighted by Gasteiger charge is 2.34. The molecule has 0 bridgehead atoms. The lowest BCUT2D eigenvalue weighted by Crippen LogP contribution is -2.46. The van der Waals surface area contributed by atoms with E-state index in [2.05, 4.69) is 24.1 Å². The van der Waals surface area contributed by atoms with Crippen LogP contribution in [0.15, 0.2) is 11.4 Å². The highest BCUT2D eigenvalue weighted by molar-refractivity contribution is 7.12. The molecule has 1 saturated carbocycles. The summed E-state index contributed by atoms with van der Waals surface area (Å²) < 4.78 is 0. The van der Waals surface area contributed by atoms with Crippen molar-refractivity contribution in [1.29, 1.82) is 0 Å². The fourth-order valence-electron chi connectivity index (χ4n) is 3.65. The van der Waals surface area contributed by atoms with Crippen LogP contribution in [0.2, 0.25) is 0 Å².